The largest absolute Gasteiger partial charge is 0.480 e. The van der Waals surface area contributed by atoms with E-state index in [4.69, 9.17) is 9.84 Å². The molecular weight excluding hydrogens is 266 g/mol. The second-order valence-electron chi connectivity index (χ2n) is 4.92. The van der Waals surface area contributed by atoms with Crippen molar-refractivity contribution >= 4 is 5.97 Å². The molecule has 0 bridgehead atoms. The van der Waals surface area contributed by atoms with Crippen molar-refractivity contribution in [1.82, 2.24) is 4.90 Å². The van der Waals surface area contributed by atoms with Crippen LogP contribution in [0.15, 0.2) is 11.8 Å². The highest BCUT2D eigenvalue weighted by Gasteiger charge is 2.40. The number of carboxylic acids is 1. The summed E-state index contributed by atoms with van der Waals surface area (Å²) in [7, 11) is 0. The van der Waals surface area contributed by atoms with E-state index >= 15 is 0 Å². The molecule has 116 valence electrons. The van der Waals surface area contributed by atoms with Crippen molar-refractivity contribution in [1.29, 1.82) is 0 Å². The molecule has 1 unspecified atom stereocenters. The van der Waals surface area contributed by atoms with E-state index in [1.807, 2.05) is 6.92 Å². The molecule has 0 radical (unpaired) electrons. The second-order valence-corrected chi connectivity index (χ2v) is 4.92. The predicted octanol–water partition coefficient (Wildman–Crippen LogP) is -0.279. The van der Waals surface area contributed by atoms with Gasteiger partial charge in [-0.2, -0.15) is 0 Å². The topological polar surface area (TPSA) is 110 Å². The van der Waals surface area contributed by atoms with Gasteiger partial charge in [-0.3, -0.25) is 4.79 Å². The number of rotatable bonds is 7. The Labute approximate surface area is 118 Å². The lowest BCUT2D eigenvalue weighted by Crippen LogP contribution is -2.54. The molecular formula is C13H23NO6. The number of carboxylic acid groups (broad SMARTS) is 1. The first-order chi connectivity index (χ1) is 9.38. The number of nitrogens with zero attached hydrogens (tertiary/aromatic N) is 1. The number of hydrogen-bond donors (Lipinski definition) is 4. The van der Waals surface area contributed by atoms with Crippen LogP contribution < -0.4 is 0 Å². The zero-order valence-corrected chi connectivity index (χ0v) is 11.8. The number of ether oxygens (including phenoxy) is 1. The number of unbranched alkanes of at least 4 members (excludes halogenated alkanes) is 1. The summed E-state index contributed by atoms with van der Waals surface area (Å²) in [4.78, 5) is 12.1. The maximum absolute atomic E-state index is 10.8. The maximum atomic E-state index is 10.8. The standard InChI is InChI=1S/C13H23NO6/c1-3-4-5-20-11-9(13(18)19)6-8(2)14(12(11)17)7-10(15)16/h6,9,11-13,17-19H,3-5,7H2,1-2H3,(H,15,16)/t9-,11?,12-/m1/s1. The summed E-state index contributed by atoms with van der Waals surface area (Å²) in [5.41, 5.74) is 0.480. The van der Waals surface area contributed by atoms with Gasteiger partial charge in [-0.05, 0) is 13.3 Å². The Morgan fingerprint density at radius 1 is 1.50 bits per heavy atom. The molecule has 7 heteroatoms. The number of allylic oxidation sites excluding steroid dienone is 1. The lowest BCUT2D eigenvalue weighted by molar-refractivity contribution is -0.181. The van der Waals surface area contributed by atoms with Crippen molar-refractivity contribution in [3.8, 4) is 0 Å². The molecule has 3 atom stereocenters. The van der Waals surface area contributed by atoms with Crippen molar-refractivity contribution in [2.24, 2.45) is 5.92 Å². The van der Waals surface area contributed by atoms with Crippen LogP contribution in [0.3, 0.4) is 0 Å². The fraction of sp³-hybridized carbons (Fsp3) is 0.769. The van der Waals surface area contributed by atoms with Crippen molar-refractivity contribution in [2.45, 2.75) is 45.3 Å². The molecule has 1 rings (SSSR count). The summed E-state index contributed by atoms with van der Waals surface area (Å²) >= 11 is 0. The van der Waals surface area contributed by atoms with Crippen LogP contribution in [-0.4, -0.2) is 63.1 Å². The lowest BCUT2D eigenvalue weighted by Gasteiger charge is -2.42. The summed E-state index contributed by atoms with van der Waals surface area (Å²) in [5, 5.41) is 37.9. The molecule has 0 spiro atoms. The SMILES string of the molecule is CCCCOC1[C@H](C(O)O)C=C(C)N(CC(=O)O)[C@@H]1O. The predicted molar refractivity (Wildman–Crippen MR) is 70.5 cm³/mol. The van der Waals surface area contributed by atoms with Crippen molar-refractivity contribution < 1.29 is 30.0 Å². The van der Waals surface area contributed by atoms with Crippen LogP contribution in [0.2, 0.25) is 0 Å². The van der Waals surface area contributed by atoms with Gasteiger partial charge >= 0.3 is 5.97 Å². The number of aliphatic hydroxyl groups excluding tert-OH is 2. The third-order valence-electron chi connectivity index (χ3n) is 3.34. The first-order valence-electron chi connectivity index (χ1n) is 6.71. The quantitative estimate of drug-likeness (QED) is 0.377. The number of carbonyl (C=O) groups is 1. The van der Waals surface area contributed by atoms with E-state index in [0.29, 0.717) is 12.3 Å². The molecule has 4 N–H and O–H groups in total. The van der Waals surface area contributed by atoms with E-state index in [1.54, 1.807) is 6.92 Å². The number of aliphatic hydroxyl groups is 3. The molecule has 0 saturated heterocycles. The third kappa shape index (κ3) is 4.17. The molecule has 0 aromatic carbocycles. The summed E-state index contributed by atoms with van der Waals surface area (Å²) < 4.78 is 5.52. The van der Waals surface area contributed by atoms with Crippen molar-refractivity contribution in [3.05, 3.63) is 11.8 Å². The highest BCUT2D eigenvalue weighted by molar-refractivity contribution is 5.69. The van der Waals surface area contributed by atoms with E-state index in [9.17, 15) is 20.1 Å². The van der Waals surface area contributed by atoms with Crippen LogP contribution in [0, 0.1) is 5.92 Å². The van der Waals surface area contributed by atoms with Crippen LogP contribution in [0.1, 0.15) is 26.7 Å². The number of aliphatic carboxylic acids is 1. The Bertz CT molecular complexity index is 357. The van der Waals surface area contributed by atoms with Crippen LogP contribution in [0.4, 0.5) is 0 Å². The first-order valence-corrected chi connectivity index (χ1v) is 6.71. The molecule has 1 aliphatic heterocycles. The van der Waals surface area contributed by atoms with Gasteiger partial charge in [0.15, 0.2) is 12.5 Å². The van der Waals surface area contributed by atoms with Crippen LogP contribution in [0.25, 0.3) is 0 Å². The van der Waals surface area contributed by atoms with E-state index in [-0.39, 0.29) is 6.54 Å². The summed E-state index contributed by atoms with van der Waals surface area (Å²) in [6, 6.07) is 0. The normalized spacial score (nSPS) is 26.8. The maximum Gasteiger partial charge on any atom is 0.323 e. The zero-order chi connectivity index (χ0) is 15.3. The van der Waals surface area contributed by atoms with Gasteiger partial charge < -0.3 is 30.1 Å². The highest BCUT2D eigenvalue weighted by Crippen LogP contribution is 2.28. The minimum Gasteiger partial charge on any atom is -0.480 e. The van der Waals surface area contributed by atoms with E-state index in [1.165, 1.54) is 11.0 Å². The van der Waals surface area contributed by atoms with Gasteiger partial charge in [0.2, 0.25) is 0 Å². The Morgan fingerprint density at radius 2 is 2.15 bits per heavy atom. The average molecular weight is 289 g/mol. The second kappa shape index (κ2) is 7.58. The van der Waals surface area contributed by atoms with Crippen molar-refractivity contribution in [2.75, 3.05) is 13.2 Å². The Kier molecular flexibility index (Phi) is 6.41. The van der Waals surface area contributed by atoms with Crippen LogP contribution in [-0.2, 0) is 9.53 Å². The fourth-order valence-corrected chi connectivity index (χ4v) is 2.23. The third-order valence-corrected chi connectivity index (χ3v) is 3.34. The first kappa shape index (κ1) is 16.9. The zero-order valence-electron chi connectivity index (χ0n) is 11.8. The highest BCUT2D eigenvalue weighted by atomic mass is 16.5. The molecule has 0 aromatic heterocycles. The smallest absolute Gasteiger partial charge is 0.323 e. The van der Waals surface area contributed by atoms with E-state index in [0.717, 1.165) is 12.8 Å². The monoisotopic (exact) mass is 289 g/mol. The van der Waals surface area contributed by atoms with Crippen LogP contribution >= 0.6 is 0 Å². The average Bonchev–Trinajstić information content (AvgIpc) is 2.36. The van der Waals surface area contributed by atoms with Gasteiger partial charge in [0.25, 0.3) is 0 Å². The van der Waals surface area contributed by atoms with Crippen LogP contribution in [0.5, 0.6) is 0 Å². The Balaban J connectivity index is 2.89. The molecule has 0 amide bonds. The lowest BCUT2D eigenvalue weighted by atomic mass is 9.94. The van der Waals surface area contributed by atoms with E-state index in [2.05, 4.69) is 0 Å². The van der Waals surface area contributed by atoms with Gasteiger partial charge in [-0.15, -0.1) is 0 Å². The molecule has 1 heterocycles. The summed E-state index contributed by atoms with van der Waals surface area (Å²) in [5.74, 6) is -1.86. The Hall–Kier alpha value is -1.15. The molecule has 0 saturated carbocycles. The molecule has 0 aromatic rings. The van der Waals surface area contributed by atoms with Gasteiger partial charge in [0.05, 0.1) is 5.92 Å². The summed E-state index contributed by atoms with van der Waals surface area (Å²) in [6.45, 7) is 3.60. The molecule has 0 aliphatic carbocycles. The molecule has 7 nitrogen and oxygen atoms in total. The molecule has 1 aliphatic rings. The van der Waals surface area contributed by atoms with Gasteiger partial charge in [-0.1, -0.05) is 19.4 Å². The van der Waals surface area contributed by atoms with Gasteiger partial charge in [0, 0.05) is 12.3 Å². The summed E-state index contributed by atoms with van der Waals surface area (Å²) in [6.07, 6.45) is -0.554. The fourth-order valence-electron chi connectivity index (χ4n) is 2.23. The minimum atomic E-state index is -1.67. The van der Waals surface area contributed by atoms with Gasteiger partial charge in [0.1, 0.15) is 12.6 Å². The van der Waals surface area contributed by atoms with Crippen molar-refractivity contribution in [3.63, 3.8) is 0 Å². The molecule has 0 fully saturated rings. The number of hydrogen-bond acceptors (Lipinski definition) is 6. The Morgan fingerprint density at radius 3 is 2.65 bits per heavy atom. The van der Waals surface area contributed by atoms with Gasteiger partial charge in [-0.25, -0.2) is 0 Å². The molecule has 20 heavy (non-hydrogen) atoms. The minimum absolute atomic E-state index is 0.370. The van der Waals surface area contributed by atoms with E-state index < -0.39 is 30.5 Å².